The number of halogens is 2. The largest absolute Gasteiger partial charge is 0.482 e. The standard InChI is InChI=1S/C15H12Cl2N2O4/c16-12-4-2-1-3-10(12)8-18-15(20)9-23-14-6-5-11(19(21)22)7-13(14)17/h1-7H,8-9H2,(H,18,20). The molecule has 1 N–H and O–H groups in total. The van der Waals surface area contributed by atoms with E-state index >= 15 is 0 Å². The first-order valence-electron chi connectivity index (χ1n) is 6.54. The smallest absolute Gasteiger partial charge is 0.271 e. The molecule has 0 aliphatic rings. The lowest BCUT2D eigenvalue weighted by molar-refractivity contribution is -0.384. The minimum absolute atomic E-state index is 0.0677. The Morgan fingerprint density at radius 1 is 1.17 bits per heavy atom. The van der Waals surface area contributed by atoms with Crippen LogP contribution in [-0.2, 0) is 11.3 Å². The lowest BCUT2D eigenvalue weighted by Gasteiger charge is -2.09. The normalized spacial score (nSPS) is 10.2. The zero-order valence-electron chi connectivity index (χ0n) is 11.8. The molecule has 1 amide bonds. The summed E-state index contributed by atoms with van der Waals surface area (Å²) in [6.45, 7) is 0.0117. The molecule has 0 heterocycles. The molecule has 0 fully saturated rings. The minimum atomic E-state index is -0.564. The molecule has 0 aliphatic carbocycles. The average molecular weight is 355 g/mol. The Balaban J connectivity index is 1.87. The Bertz CT molecular complexity index is 737. The summed E-state index contributed by atoms with van der Waals surface area (Å²) in [6, 6.07) is 10.9. The third-order valence-corrected chi connectivity index (χ3v) is 3.58. The van der Waals surface area contributed by atoms with Gasteiger partial charge in [-0.3, -0.25) is 14.9 Å². The van der Waals surface area contributed by atoms with Crippen LogP contribution in [-0.4, -0.2) is 17.4 Å². The summed E-state index contributed by atoms with van der Waals surface area (Å²) in [7, 11) is 0. The first-order valence-corrected chi connectivity index (χ1v) is 7.30. The molecule has 0 atom stereocenters. The van der Waals surface area contributed by atoms with E-state index < -0.39 is 4.92 Å². The highest BCUT2D eigenvalue weighted by molar-refractivity contribution is 6.32. The summed E-state index contributed by atoms with van der Waals surface area (Å²) in [6.07, 6.45) is 0. The van der Waals surface area contributed by atoms with Crippen LogP contribution in [0.3, 0.4) is 0 Å². The molecular formula is C15H12Cl2N2O4. The highest BCUT2D eigenvalue weighted by Crippen LogP contribution is 2.28. The van der Waals surface area contributed by atoms with Crippen LogP contribution in [0.5, 0.6) is 5.75 Å². The summed E-state index contributed by atoms with van der Waals surface area (Å²) in [4.78, 5) is 21.8. The highest BCUT2D eigenvalue weighted by atomic mass is 35.5. The van der Waals surface area contributed by atoms with Crippen molar-refractivity contribution in [2.75, 3.05) is 6.61 Å². The van der Waals surface area contributed by atoms with Crippen molar-refractivity contribution in [3.63, 3.8) is 0 Å². The summed E-state index contributed by atoms with van der Waals surface area (Å²) < 4.78 is 5.25. The van der Waals surface area contributed by atoms with Crippen molar-refractivity contribution in [1.29, 1.82) is 0 Å². The van der Waals surface area contributed by atoms with Crippen molar-refractivity contribution in [2.24, 2.45) is 0 Å². The fourth-order valence-electron chi connectivity index (χ4n) is 1.75. The van der Waals surface area contributed by atoms with Crippen molar-refractivity contribution in [1.82, 2.24) is 5.32 Å². The van der Waals surface area contributed by atoms with Crippen LogP contribution in [0, 0.1) is 10.1 Å². The molecule has 0 spiro atoms. The lowest BCUT2D eigenvalue weighted by atomic mass is 10.2. The topological polar surface area (TPSA) is 81.5 Å². The van der Waals surface area contributed by atoms with Gasteiger partial charge >= 0.3 is 0 Å². The molecule has 0 saturated heterocycles. The number of ether oxygens (including phenoxy) is 1. The van der Waals surface area contributed by atoms with Crippen LogP contribution in [0.1, 0.15) is 5.56 Å². The van der Waals surface area contributed by atoms with Gasteiger partial charge in [0.2, 0.25) is 0 Å². The van der Waals surface area contributed by atoms with Gasteiger partial charge in [-0.15, -0.1) is 0 Å². The van der Waals surface area contributed by atoms with Gasteiger partial charge in [-0.1, -0.05) is 41.4 Å². The fraction of sp³-hybridized carbons (Fsp3) is 0.133. The third-order valence-electron chi connectivity index (χ3n) is 2.92. The number of hydrogen-bond donors (Lipinski definition) is 1. The van der Waals surface area contributed by atoms with Crippen molar-refractivity contribution in [3.8, 4) is 5.75 Å². The number of nitrogens with one attached hydrogen (secondary N) is 1. The van der Waals surface area contributed by atoms with Gasteiger partial charge in [0.05, 0.1) is 9.95 Å². The molecule has 0 radical (unpaired) electrons. The van der Waals surface area contributed by atoms with Gasteiger partial charge in [-0.2, -0.15) is 0 Å². The van der Waals surface area contributed by atoms with E-state index in [-0.39, 0.29) is 35.5 Å². The summed E-state index contributed by atoms with van der Waals surface area (Å²) in [5, 5.41) is 13.9. The summed E-state index contributed by atoms with van der Waals surface area (Å²) >= 11 is 11.9. The number of nitro groups is 1. The molecular weight excluding hydrogens is 343 g/mol. The van der Waals surface area contributed by atoms with Crippen molar-refractivity contribution in [2.45, 2.75) is 6.54 Å². The second-order valence-corrected chi connectivity index (χ2v) is 5.34. The van der Waals surface area contributed by atoms with Gasteiger partial charge in [0.15, 0.2) is 6.61 Å². The number of carbonyl (C=O) groups excluding carboxylic acids is 1. The van der Waals surface area contributed by atoms with Gasteiger partial charge in [-0.05, 0) is 17.7 Å². The van der Waals surface area contributed by atoms with Crippen LogP contribution in [0.4, 0.5) is 5.69 Å². The van der Waals surface area contributed by atoms with Gasteiger partial charge in [-0.25, -0.2) is 0 Å². The maximum Gasteiger partial charge on any atom is 0.271 e. The maximum atomic E-state index is 11.8. The third kappa shape index (κ3) is 4.84. The van der Waals surface area contributed by atoms with E-state index in [1.807, 2.05) is 6.07 Å². The molecule has 2 aromatic carbocycles. The monoisotopic (exact) mass is 354 g/mol. The van der Waals surface area contributed by atoms with E-state index in [0.29, 0.717) is 5.02 Å². The van der Waals surface area contributed by atoms with Crippen LogP contribution in [0.2, 0.25) is 10.0 Å². The van der Waals surface area contributed by atoms with Crippen LogP contribution < -0.4 is 10.1 Å². The van der Waals surface area contributed by atoms with Crippen molar-refractivity contribution >= 4 is 34.8 Å². The maximum absolute atomic E-state index is 11.8. The van der Waals surface area contributed by atoms with Gasteiger partial charge < -0.3 is 10.1 Å². The Morgan fingerprint density at radius 2 is 1.91 bits per heavy atom. The van der Waals surface area contributed by atoms with Crippen LogP contribution in [0.25, 0.3) is 0 Å². The molecule has 0 aromatic heterocycles. The van der Waals surface area contributed by atoms with Crippen LogP contribution in [0.15, 0.2) is 42.5 Å². The molecule has 0 aliphatic heterocycles. The summed E-state index contributed by atoms with van der Waals surface area (Å²) in [5.41, 5.74) is 0.640. The predicted molar refractivity (Wildman–Crippen MR) is 86.9 cm³/mol. The second kappa shape index (κ2) is 7.80. The van der Waals surface area contributed by atoms with Crippen LogP contribution >= 0.6 is 23.2 Å². The number of amides is 1. The number of non-ortho nitro benzene ring substituents is 1. The number of nitrogens with zero attached hydrogens (tertiary/aromatic N) is 1. The summed E-state index contributed by atoms with van der Waals surface area (Å²) in [5.74, 6) is -0.163. The first-order chi connectivity index (χ1) is 11.0. The molecule has 6 nitrogen and oxygen atoms in total. The number of nitro benzene ring substituents is 1. The Kier molecular flexibility index (Phi) is 5.78. The quantitative estimate of drug-likeness (QED) is 0.634. The van der Waals surface area contributed by atoms with E-state index in [9.17, 15) is 14.9 Å². The number of carbonyl (C=O) groups is 1. The van der Waals surface area contributed by atoms with E-state index in [0.717, 1.165) is 5.56 Å². The minimum Gasteiger partial charge on any atom is -0.482 e. The fourth-order valence-corrected chi connectivity index (χ4v) is 2.18. The Morgan fingerprint density at radius 3 is 2.57 bits per heavy atom. The zero-order chi connectivity index (χ0) is 16.8. The molecule has 2 rings (SSSR count). The molecule has 23 heavy (non-hydrogen) atoms. The molecule has 0 unspecified atom stereocenters. The molecule has 8 heteroatoms. The lowest BCUT2D eigenvalue weighted by Crippen LogP contribution is -2.28. The molecule has 2 aromatic rings. The van der Waals surface area contributed by atoms with Gasteiger partial charge in [0, 0.05) is 23.7 Å². The van der Waals surface area contributed by atoms with Crippen molar-refractivity contribution < 1.29 is 14.5 Å². The molecule has 0 bridgehead atoms. The van der Waals surface area contributed by atoms with E-state index in [1.165, 1.54) is 18.2 Å². The average Bonchev–Trinajstić information content (AvgIpc) is 2.52. The highest BCUT2D eigenvalue weighted by Gasteiger charge is 2.11. The molecule has 0 saturated carbocycles. The predicted octanol–water partition coefficient (Wildman–Crippen LogP) is 3.60. The Labute approximate surface area is 142 Å². The SMILES string of the molecule is O=C(COc1ccc([N+](=O)[O-])cc1Cl)NCc1ccccc1Cl. The number of benzene rings is 2. The van der Waals surface area contributed by atoms with E-state index in [1.54, 1.807) is 18.2 Å². The van der Waals surface area contributed by atoms with Gasteiger partial charge in [0.25, 0.3) is 11.6 Å². The second-order valence-electron chi connectivity index (χ2n) is 4.53. The van der Waals surface area contributed by atoms with Crippen molar-refractivity contribution in [3.05, 3.63) is 68.2 Å². The number of hydrogen-bond acceptors (Lipinski definition) is 4. The van der Waals surface area contributed by atoms with Gasteiger partial charge in [0.1, 0.15) is 5.75 Å². The zero-order valence-corrected chi connectivity index (χ0v) is 13.3. The van der Waals surface area contributed by atoms with E-state index in [2.05, 4.69) is 5.32 Å². The first kappa shape index (κ1) is 17.1. The number of rotatable bonds is 6. The molecule has 120 valence electrons. The van der Waals surface area contributed by atoms with E-state index in [4.69, 9.17) is 27.9 Å². The Hall–Kier alpha value is -2.31.